The number of carbonyl (C=O) groups is 1. The maximum Gasteiger partial charge on any atom is 0.250 e. The number of carbonyl (C=O) groups excluding carboxylic acids is 1. The fourth-order valence-corrected chi connectivity index (χ4v) is 3.60. The van der Waals surface area contributed by atoms with Crippen LogP contribution in [0.3, 0.4) is 0 Å². The van der Waals surface area contributed by atoms with Gasteiger partial charge in [0.25, 0.3) is 5.91 Å². The van der Waals surface area contributed by atoms with Crippen LogP contribution < -0.4 is 15.2 Å². The highest BCUT2D eigenvalue weighted by Gasteiger charge is 2.08. The number of hydrogen-bond donors (Lipinski definition) is 1. The number of hydrogen-bond acceptors (Lipinski definition) is 7. The number of hydrazone groups is 1. The second-order valence-electron chi connectivity index (χ2n) is 6.58. The van der Waals surface area contributed by atoms with Crippen LogP contribution in [0.5, 0.6) is 0 Å². The first-order chi connectivity index (χ1) is 14.4. The fraction of sp³-hybridized carbons (Fsp3) is 0.400. The molecule has 0 aliphatic carbocycles. The molecule has 2 rings (SSSR count). The van der Waals surface area contributed by atoms with Crippen LogP contribution in [0.25, 0.3) is 0 Å². The predicted octanol–water partition coefficient (Wildman–Crippen LogP) is 3.38. The second kappa shape index (κ2) is 12.6. The Morgan fingerprint density at radius 3 is 2.43 bits per heavy atom. The molecule has 1 aromatic heterocycles. The van der Waals surface area contributed by atoms with E-state index in [-0.39, 0.29) is 11.7 Å². The standard InChI is InChI=1S/C20H26Cl2N6OS/c1-15-12-18(27(2)3)25-20(24-15)30-14-19(29)26-23-13-16-4-6-17(7-5-16)28(10-8-21)11-9-22/h4-7,12-13H,8-11,14H2,1-3H3,(H,26,29). The summed E-state index contributed by atoms with van der Waals surface area (Å²) in [6.07, 6.45) is 1.60. The summed E-state index contributed by atoms with van der Waals surface area (Å²) in [5, 5.41) is 4.58. The minimum Gasteiger partial charge on any atom is -0.369 e. The van der Waals surface area contributed by atoms with Crippen molar-refractivity contribution in [3.05, 3.63) is 41.6 Å². The maximum atomic E-state index is 12.1. The smallest absolute Gasteiger partial charge is 0.250 e. The molecule has 1 aromatic carbocycles. The molecule has 10 heteroatoms. The van der Waals surface area contributed by atoms with Gasteiger partial charge in [-0.2, -0.15) is 5.10 Å². The molecular weight excluding hydrogens is 443 g/mol. The molecule has 0 spiro atoms. The summed E-state index contributed by atoms with van der Waals surface area (Å²) in [4.78, 5) is 24.8. The van der Waals surface area contributed by atoms with E-state index in [4.69, 9.17) is 23.2 Å². The van der Waals surface area contributed by atoms with E-state index in [0.29, 0.717) is 16.9 Å². The third-order valence-electron chi connectivity index (χ3n) is 3.98. The molecule has 0 fully saturated rings. The van der Waals surface area contributed by atoms with E-state index in [2.05, 4.69) is 25.4 Å². The number of alkyl halides is 2. The molecule has 0 radical (unpaired) electrons. The zero-order valence-corrected chi connectivity index (χ0v) is 19.6. The molecule has 0 aliphatic heterocycles. The van der Waals surface area contributed by atoms with Gasteiger partial charge >= 0.3 is 0 Å². The van der Waals surface area contributed by atoms with Crippen molar-refractivity contribution < 1.29 is 4.79 Å². The first-order valence-electron chi connectivity index (χ1n) is 9.37. The molecule has 7 nitrogen and oxygen atoms in total. The van der Waals surface area contributed by atoms with Crippen LogP contribution in [0.2, 0.25) is 0 Å². The van der Waals surface area contributed by atoms with Gasteiger partial charge in [-0.1, -0.05) is 23.9 Å². The highest BCUT2D eigenvalue weighted by atomic mass is 35.5. The highest BCUT2D eigenvalue weighted by molar-refractivity contribution is 7.99. The molecule has 1 N–H and O–H groups in total. The van der Waals surface area contributed by atoms with Crippen molar-refractivity contribution >= 4 is 58.6 Å². The van der Waals surface area contributed by atoms with Crippen molar-refractivity contribution in [2.45, 2.75) is 12.1 Å². The topological polar surface area (TPSA) is 73.7 Å². The summed E-state index contributed by atoms with van der Waals surface area (Å²) in [6.45, 7) is 3.37. The number of amides is 1. The third-order valence-corrected chi connectivity index (χ3v) is 5.17. The minimum absolute atomic E-state index is 0.179. The average molecular weight is 469 g/mol. The van der Waals surface area contributed by atoms with E-state index >= 15 is 0 Å². The molecule has 0 aliphatic rings. The number of halogens is 2. The lowest BCUT2D eigenvalue weighted by Crippen LogP contribution is -2.27. The Labute approximate surface area is 191 Å². The van der Waals surface area contributed by atoms with Crippen LogP contribution in [0.15, 0.2) is 40.6 Å². The van der Waals surface area contributed by atoms with Gasteiger partial charge in [-0.05, 0) is 24.6 Å². The van der Waals surface area contributed by atoms with E-state index in [1.54, 1.807) is 6.21 Å². The fourth-order valence-electron chi connectivity index (χ4n) is 2.51. The van der Waals surface area contributed by atoms with E-state index in [1.807, 2.05) is 56.3 Å². The van der Waals surface area contributed by atoms with Crippen LogP contribution in [0.1, 0.15) is 11.3 Å². The summed E-state index contributed by atoms with van der Waals surface area (Å²) >= 11 is 13.0. The Hall–Kier alpha value is -2.03. The van der Waals surface area contributed by atoms with E-state index in [9.17, 15) is 4.79 Å². The molecule has 1 amide bonds. The number of thioether (sulfide) groups is 1. The quantitative estimate of drug-likeness (QED) is 0.179. The highest BCUT2D eigenvalue weighted by Crippen LogP contribution is 2.18. The van der Waals surface area contributed by atoms with Gasteiger partial charge in [0.2, 0.25) is 0 Å². The number of rotatable bonds is 11. The van der Waals surface area contributed by atoms with Crippen molar-refractivity contribution in [2.24, 2.45) is 5.10 Å². The predicted molar refractivity (Wildman–Crippen MR) is 128 cm³/mol. The lowest BCUT2D eigenvalue weighted by Gasteiger charge is -2.22. The van der Waals surface area contributed by atoms with Gasteiger partial charge in [-0.15, -0.1) is 23.2 Å². The Balaban J connectivity index is 1.86. The molecule has 0 saturated heterocycles. The molecule has 2 aromatic rings. The average Bonchev–Trinajstić information content (AvgIpc) is 2.72. The van der Waals surface area contributed by atoms with Crippen LogP contribution in [-0.2, 0) is 4.79 Å². The molecule has 1 heterocycles. The van der Waals surface area contributed by atoms with Crippen LogP contribution in [-0.4, -0.2) is 66.8 Å². The molecule has 0 unspecified atom stereocenters. The van der Waals surface area contributed by atoms with Crippen LogP contribution in [0.4, 0.5) is 11.5 Å². The number of anilines is 2. The molecule has 0 bridgehead atoms. The van der Waals surface area contributed by atoms with Gasteiger partial charge < -0.3 is 9.80 Å². The van der Waals surface area contributed by atoms with Crippen molar-refractivity contribution in [3.8, 4) is 0 Å². The summed E-state index contributed by atoms with van der Waals surface area (Å²) < 4.78 is 0. The Morgan fingerprint density at radius 2 is 1.83 bits per heavy atom. The number of aryl methyl sites for hydroxylation is 1. The van der Waals surface area contributed by atoms with Crippen molar-refractivity contribution in [3.63, 3.8) is 0 Å². The molecule has 30 heavy (non-hydrogen) atoms. The Bertz CT molecular complexity index is 842. The molecule has 0 saturated carbocycles. The van der Waals surface area contributed by atoms with E-state index in [1.165, 1.54) is 11.8 Å². The molecule has 0 atom stereocenters. The van der Waals surface area contributed by atoms with Gasteiger partial charge in [0, 0.05) is 56.4 Å². The van der Waals surface area contributed by atoms with Crippen molar-refractivity contribution in [1.82, 2.24) is 15.4 Å². The zero-order valence-electron chi connectivity index (χ0n) is 17.3. The first kappa shape index (κ1) is 24.2. The SMILES string of the molecule is Cc1cc(N(C)C)nc(SCC(=O)NN=Cc2ccc(N(CCCl)CCCl)cc2)n1. The second-order valence-corrected chi connectivity index (χ2v) is 8.28. The number of nitrogens with zero attached hydrogens (tertiary/aromatic N) is 5. The molecular formula is C20H26Cl2N6OS. The Kier molecular flexibility index (Phi) is 10.2. The summed E-state index contributed by atoms with van der Waals surface area (Å²) in [7, 11) is 3.83. The minimum atomic E-state index is -0.222. The first-order valence-corrected chi connectivity index (χ1v) is 11.4. The number of nitrogens with one attached hydrogen (secondary N) is 1. The van der Waals surface area contributed by atoms with Gasteiger partial charge in [0.1, 0.15) is 5.82 Å². The molecule has 162 valence electrons. The normalized spacial score (nSPS) is 11.0. The zero-order chi connectivity index (χ0) is 21.9. The van der Waals surface area contributed by atoms with Gasteiger partial charge in [0.05, 0.1) is 12.0 Å². The van der Waals surface area contributed by atoms with Crippen molar-refractivity contribution in [2.75, 3.05) is 54.5 Å². The lowest BCUT2D eigenvalue weighted by atomic mass is 10.2. The summed E-state index contributed by atoms with van der Waals surface area (Å²) in [5.41, 5.74) is 5.31. The largest absolute Gasteiger partial charge is 0.369 e. The number of aromatic nitrogens is 2. The third kappa shape index (κ3) is 8.01. The summed E-state index contributed by atoms with van der Waals surface area (Å²) in [6, 6.07) is 9.71. The van der Waals surface area contributed by atoms with Crippen LogP contribution >= 0.6 is 35.0 Å². The number of benzene rings is 1. The van der Waals surface area contributed by atoms with E-state index < -0.39 is 0 Å². The van der Waals surface area contributed by atoms with Crippen LogP contribution in [0, 0.1) is 6.92 Å². The van der Waals surface area contributed by atoms with Gasteiger partial charge in [0.15, 0.2) is 5.16 Å². The van der Waals surface area contributed by atoms with Gasteiger partial charge in [-0.25, -0.2) is 15.4 Å². The summed E-state index contributed by atoms with van der Waals surface area (Å²) in [5.74, 6) is 1.84. The van der Waals surface area contributed by atoms with E-state index in [0.717, 1.165) is 35.9 Å². The maximum absolute atomic E-state index is 12.1. The monoisotopic (exact) mass is 468 g/mol. The lowest BCUT2D eigenvalue weighted by molar-refractivity contribution is -0.118. The van der Waals surface area contributed by atoms with Gasteiger partial charge in [-0.3, -0.25) is 4.79 Å². The Morgan fingerprint density at radius 1 is 1.17 bits per heavy atom. The van der Waals surface area contributed by atoms with Crippen molar-refractivity contribution in [1.29, 1.82) is 0 Å².